The molecule has 0 aromatic heterocycles. The summed E-state index contributed by atoms with van der Waals surface area (Å²) in [6.07, 6.45) is -1.57. The van der Waals surface area contributed by atoms with Gasteiger partial charge in [0, 0.05) is 15.9 Å². The second-order valence-electron chi connectivity index (χ2n) is 10.4. The van der Waals surface area contributed by atoms with E-state index >= 15 is 0 Å². The third kappa shape index (κ3) is 6.40. The van der Waals surface area contributed by atoms with E-state index in [-0.39, 0.29) is 40.3 Å². The number of carbonyl (C=O) groups is 2. The van der Waals surface area contributed by atoms with Crippen LogP contribution in [0.15, 0.2) is 27.6 Å². The molecule has 2 aliphatic carbocycles. The van der Waals surface area contributed by atoms with Crippen molar-refractivity contribution in [2.24, 2.45) is 28.9 Å². The van der Waals surface area contributed by atoms with Gasteiger partial charge < -0.3 is 15.8 Å². The number of hydrogen-bond donors (Lipinski definition) is 3. The molecule has 5 unspecified atom stereocenters. The zero-order valence-corrected chi connectivity index (χ0v) is 22.0. The summed E-state index contributed by atoms with van der Waals surface area (Å²) in [5.41, 5.74) is 4.02. The molecular formula is C23H31BrF3N3O3S. The van der Waals surface area contributed by atoms with Crippen molar-refractivity contribution in [1.82, 2.24) is 10.0 Å². The van der Waals surface area contributed by atoms with Gasteiger partial charge in [-0.1, -0.05) is 29.8 Å². The number of alkyl halides is 3. The number of ether oxygens (including phenoxy) is 1. The first-order valence-electron chi connectivity index (χ1n) is 11.2. The van der Waals surface area contributed by atoms with Gasteiger partial charge in [0.25, 0.3) is 0 Å². The fourth-order valence-corrected chi connectivity index (χ4v) is 6.41. The van der Waals surface area contributed by atoms with Crippen LogP contribution in [-0.2, 0) is 9.59 Å². The molecule has 190 valence electrons. The number of halogens is 4. The molecule has 0 saturated heterocycles. The Labute approximate surface area is 210 Å². The van der Waals surface area contributed by atoms with Crippen LogP contribution >= 0.6 is 27.9 Å². The van der Waals surface area contributed by atoms with Crippen LogP contribution in [0.1, 0.15) is 53.4 Å². The summed E-state index contributed by atoms with van der Waals surface area (Å²) in [6.45, 7) is 7.35. The lowest BCUT2D eigenvalue weighted by Gasteiger charge is -2.50. The Balaban J connectivity index is 1.68. The first-order chi connectivity index (χ1) is 15.6. The van der Waals surface area contributed by atoms with Crippen LogP contribution in [0.5, 0.6) is 5.75 Å². The molecule has 2 fully saturated rings. The van der Waals surface area contributed by atoms with Crippen LogP contribution < -0.4 is 20.5 Å². The highest BCUT2D eigenvalue weighted by Crippen LogP contribution is 2.50. The molecule has 3 rings (SSSR count). The molecule has 6 nitrogen and oxygen atoms in total. The first kappa shape index (κ1) is 27.1. The number of fused-ring (bicyclic) bond motifs is 2. The van der Waals surface area contributed by atoms with E-state index in [9.17, 15) is 22.8 Å². The predicted molar refractivity (Wildman–Crippen MR) is 128 cm³/mol. The number of hydrogen-bond acceptors (Lipinski definition) is 5. The molecule has 1 aromatic carbocycles. The lowest BCUT2D eigenvalue weighted by molar-refractivity contribution is -0.275. The van der Waals surface area contributed by atoms with Crippen LogP contribution in [0.3, 0.4) is 0 Å². The average Bonchev–Trinajstić information content (AvgIpc) is 2.68. The van der Waals surface area contributed by atoms with Crippen molar-refractivity contribution in [2.45, 2.75) is 76.2 Å². The predicted octanol–water partition coefficient (Wildman–Crippen LogP) is 5.16. The van der Waals surface area contributed by atoms with Gasteiger partial charge in [0.1, 0.15) is 11.3 Å². The van der Waals surface area contributed by atoms with Crippen LogP contribution in [0, 0.1) is 23.2 Å². The van der Waals surface area contributed by atoms with E-state index in [0.29, 0.717) is 16.8 Å². The van der Waals surface area contributed by atoms with Gasteiger partial charge in [0.2, 0.25) is 11.8 Å². The summed E-state index contributed by atoms with van der Waals surface area (Å²) >= 11 is 4.05. The minimum Gasteiger partial charge on any atom is -0.405 e. The zero-order valence-electron chi connectivity index (χ0n) is 19.6. The van der Waals surface area contributed by atoms with E-state index in [1.54, 1.807) is 19.9 Å². The summed E-state index contributed by atoms with van der Waals surface area (Å²) in [4.78, 5) is 25.5. The molecule has 2 bridgehead atoms. The van der Waals surface area contributed by atoms with Gasteiger partial charge in [-0.15, -0.1) is 13.2 Å². The Morgan fingerprint density at radius 1 is 1.24 bits per heavy atom. The van der Waals surface area contributed by atoms with Crippen LogP contribution in [0.4, 0.5) is 13.2 Å². The number of carbonyl (C=O) groups excluding carboxylic acids is 2. The van der Waals surface area contributed by atoms with E-state index in [4.69, 9.17) is 5.73 Å². The highest BCUT2D eigenvalue weighted by Gasteiger charge is 2.49. The molecule has 2 aliphatic rings. The van der Waals surface area contributed by atoms with Crippen molar-refractivity contribution in [3.8, 4) is 5.75 Å². The molecule has 0 spiro atoms. The Morgan fingerprint density at radius 2 is 1.91 bits per heavy atom. The molecular weight excluding hydrogens is 535 g/mol. The van der Waals surface area contributed by atoms with E-state index in [1.807, 2.05) is 6.92 Å². The number of primary amides is 1. The molecule has 0 heterocycles. The van der Waals surface area contributed by atoms with Gasteiger partial charge in [-0.05, 0) is 87.4 Å². The number of nitrogens with one attached hydrogen (secondary N) is 2. The second kappa shape index (κ2) is 9.89. The Kier molecular flexibility index (Phi) is 7.89. The summed E-state index contributed by atoms with van der Waals surface area (Å²) in [5.74, 6) is -0.137. The SMILES string of the molecule is CC1CC2CC(CC(C)(C(N)=O)C2)C1NC(=O)C(C)(C)NSc1ccc(Br)cc1OC(F)(F)F. The van der Waals surface area contributed by atoms with Gasteiger partial charge in [0.05, 0.1) is 4.90 Å². The summed E-state index contributed by atoms with van der Waals surface area (Å²) in [5, 5.41) is 3.15. The fourth-order valence-electron chi connectivity index (χ4n) is 5.28. The average molecular weight is 566 g/mol. The normalized spacial score (nSPS) is 29.4. The fraction of sp³-hybridized carbons (Fsp3) is 0.652. The van der Waals surface area contributed by atoms with Crippen LogP contribution in [0.25, 0.3) is 0 Å². The van der Waals surface area contributed by atoms with E-state index < -0.39 is 17.3 Å². The van der Waals surface area contributed by atoms with E-state index in [0.717, 1.165) is 31.2 Å². The summed E-state index contributed by atoms with van der Waals surface area (Å²) < 4.78 is 45.9. The maximum atomic E-state index is 13.2. The lowest BCUT2D eigenvalue weighted by Crippen LogP contribution is -2.59. The molecule has 2 amide bonds. The number of amides is 2. The van der Waals surface area contributed by atoms with Crippen molar-refractivity contribution in [1.29, 1.82) is 0 Å². The Morgan fingerprint density at radius 3 is 2.53 bits per heavy atom. The quantitative estimate of drug-likeness (QED) is 0.397. The molecule has 4 N–H and O–H groups in total. The van der Waals surface area contributed by atoms with Crippen molar-refractivity contribution >= 4 is 39.7 Å². The minimum absolute atomic E-state index is 0.106. The lowest BCUT2D eigenvalue weighted by atomic mass is 9.57. The third-order valence-electron chi connectivity index (χ3n) is 6.92. The minimum atomic E-state index is -4.84. The molecule has 11 heteroatoms. The van der Waals surface area contributed by atoms with Crippen LogP contribution in [-0.4, -0.2) is 29.8 Å². The van der Waals surface area contributed by atoms with Crippen molar-refractivity contribution in [2.75, 3.05) is 0 Å². The second-order valence-corrected chi connectivity index (χ2v) is 12.1. The zero-order chi connectivity index (χ0) is 25.5. The standard InChI is InChI=1S/C23H31BrF3N3O3S/c1-12-7-13-8-14(11-22(4,10-13)19(28)31)18(12)29-20(32)21(2,3)30-34-17-6-5-15(24)9-16(17)33-23(25,26)27/h5-6,9,12-14,18,30H,7-8,10-11H2,1-4H3,(H2,28,31)(H,29,32). The molecule has 34 heavy (non-hydrogen) atoms. The number of benzene rings is 1. The molecule has 0 aliphatic heterocycles. The molecule has 0 radical (unpaired) electrons. The smallest absolute Gasteiger partial charge is 0.405 e. The van der Waals surface area contributed by atoms with Crippen molar-refractivity contribution < 1.29 is 27.5 Å². The van der Waals surface area contributed by atoms with Gasteiger partial charge in [-0.25, -0.2) is 4.72 Å². The maximum absolute atomic E-state index is 13.2. The Hall–Kier alpha value is -1.46. The molecule has 2 saturated carbocycles. The first-order valence-corrected chi connectivity index (χ1v) is 12.8. The van der Waals surface area contributed by atoms with Gasteiger partial charge in [0.15, 0.2) is 0 Å². The summed E-state index contributed by atoms with van der Waals surface area (Å²) in [6, 6.07) is 4.20. The van der Waals surface area contributed by atoms with Gasteiger partial charge in [-0.2, -0.15) is 0 Å². The van der Waals surface area contributed by atoms with E-state index in [2.05, 4.69) is 37.6 Å². The van der Waals surface area contributed by atoms with Crippen LogP contribution in [0.2, 0.25) is 0 Å². The largest absolute Gasteiger partial charge is 0.573 e. The highest BCUT2D eigenvalue weighted by molar-refractivity contribution is 9.10. The van der Waals surface area contributed by atoms with E-state index in [1.165, 1.54) is 12.1 Å². The van der Waals surface area contributed by atoms with Gasteiger partial charge in [-0.3, -0.25) is 9.59 Å². The monoisotopic (exact) mass is 565 g/mol. The topological polar surface area (TPSA) is 93.5 Å². The summed E-state index contributed by atoms with van der Waals surface area (Å²) in [7, 11) is 0. The van der Waals surface area contributed by atoms with Crippen molar-refractivity contribution in [3.63, 3.8) is 0 Å². The Bertz CT molecular complexity index is 944. The number of nitrogens with two attached hydrogens (primary N) is 1. The third-order valence-corrected chi connectivity index (χ3v) is 8.58. The maximum Gasteiger partial charge on any atom is 0.573 e. The highest BCUT2D eigenvalue weighted by atomic mass is 79.9. The molecule has 5 atom stereocenters. The number of rotatable bonds is 7. The molecule has 1 aromatic rings. The van der Waals surface area contributed by atoms with Gasteiger partial charge >= 0.3 is 6.36 Å². The van der Waals surface area contributed by atoms with Crippen molar-refractivity contribution in [3.05, 3.63) is 22.7 Å².